The monoisotopic (exact) mass is 238 g/mol. The van der Waals surface area contributed by atoms with E-state index in [9.17, 15) is 0 Å². The van der Waals surface area contributed by atoms with Crippen LogP contribution in [-0.4, -0.2) is 28.7 Å². The minimum atomic E-state index is 0.117. The minimum absolute atomic E-state index is 0.117. The number of hydrogen-bond acceptors (Lipinski definition) is 5. The molecule has 96 valence electrons. The zero-order valence-corrected chi connectivity index (χ0v) is 10.8. The first-order valence-electron chi connectivity index (χ1n) is 6.10. The number of ether oxygens (including phenoxy) is 1. The van der Waals surface area contributed by atoms with Crippen molar-refractivity contribution in [3.8, 4) is 5.88 Å². The maximum absolute atomic E-state index is 5.84. The van der Waals surface area contributed by atoms with Crippen molar-refractivity contribution >= 4 is 5.82 Å². The Morgan fingerprint density at radius 3 is 2.82 bits per heavy atom. The molecule has 3 N–H and O–H groups in total. The summed E-state index contributed by atoms with van der Waals surface area (Å²) in [7, 11) is 0. The second-order valence-corrected chi connectivity index (χ2v) is 4.29. The Balaban J connectivity index is 2.43. The van der Waals surface area contributed by atoms with Gasteiger partial charge in [-0.25, -0.2) is 9.97 Å². The van der Waals surface area contributed by atoms with Crippen LogP contribution in [0.3, 0.4) is 0 Å². The van der Waals surface area contributed by atoms with Gasteiger partial charge in [0, 0.05) is 18.7 Å². The molecule has 0 saturated heterocycles. The molecule has 17 heavy (non-hydrogen) atoms. The highest BCUT2D eigenvalue weighted by Gasteiger charge is 2.03. The van der Waals surface area contributed by atoms with E-state index < -0.39 is 0 Å². The minimum Gasteiger partial charge on any atom is -0.475 e. The maximum Gasteiger partial charge on any atom is 0.218 e. The predicted octanol–water partition coefficient (Wildman–Crippen LogP) is 1.80. The Kier molecular flexibility index (Phi) is 5.69. The fourth-order valence-corrected chi connectivity index (χ4v) is 1.33. The molecular formula is C12H22N4O. The van der Waals surface area contributed by atoms with Crippen LogP contribution >= 0.6 is 0 Å². The zero-order chi connectivity index (χ0) is 12.7. The number of rotatable bonds is 7. The average molecular weight is 238 g/mol. The average Bonchev–Trinajstić information content (AvgIpc) is 2.28. The standard InChI is InChI=1S/C12H22N4O/c1-4-10(13)5-6-14-11-7-12(16-8-15-11)17-9(2)3/h7-10H,4-6,13H2,1-3H3,(H,14,15,16). The summed E-state index contributed by atoms with van der Waals surface area (Å²) in [5, 5.41) is 3.21. The van der Waals surface area contributed by atoms with Gasteiger partial charge in [-0.05, 0) is 26.7 Å². The second kappa shape index (κ2) is 7.06. The summed E-state index contributed by atoms with van der Waals surface area (Å²) in [5.41, 5.74) is 5.84. The molecule has 0 radical (unpaired) electrons. The first-order valence-corrected chi connectivity index (χ1v) is 6.10. The molecule has 0 aromatic carbocycles. The van der Waals surface area contributed by atoms with Crippen molar-refractivity contribution < 1.29 is 4.74 Å². The Bertz CT molecular complexity index is 330. The van der Waals surface area contributed by atoms with Crippen molar-refractivity contribution in [2.45, 2.75) is 45.8 Å². The summed E-state index contributed by atoms with van der Waals surface area (Å²) < 4.78 is 5.49. The van der Waals surface area contributed by atoms with E-state index >= 15 is 0 Å². The Morgan fingerprint density at radius 2 is 2.18 bits per heavy atom. The molecule has 1 unspecified atom stereocenters. The van der Waals surface area contributed by atoms with Crippen LogP contribution in [0.25, 0.3) is 0 Å². The van der Waals surface area contributed by atoms with Crippen molar-refractivity contribution in [3.63, 3.8) is 0 Å². The van der Waals surface area contributed by atoms with Gasteiger partial charge in [0.1, 0.15) is 12.1 Å². The van der Waals surface area contributed by atoms with Gasteiger partial charge >= 0.3 is 0 Å². The fourth-order valence-electron chi connectivity index (χ4n) is 1.33. The molecule has 5 nitrogen and oxygen atoms in total. The van der Waals surface area contributed by atoms with Crippen molar-refractivity contribution in [1.82, 2.24) is 9.97 Å². The van der Waals surface area contributed by atoms with Gasteiger partial charge in [-0.2, -0.15) is 0 Å². The number of nitrogens with two attached hydrogens (primary N) is 1. The summed E-state index contributed by atoms with van der Waals surface area (Å²) in [4.78, 5) is 8.17. The van der Waals surface area contributed by atoms with Crippen LogP contribution < -0.4 is 15.8 Å². The van der Waals surface area contributed by atoms with Crippen molar-refractivity contribution in [2.75, 3.05) is 11.9 Å². The number of nitrogens with zero attached hydrogens (tertiary/aromatic N) is 2. The molecule has 1 rings (SSSR count). The molecule has 1 heterocycles. The summed E-state index contributed by atoms with van der Waals surface area (Å²) in [5.74, 6) is 1.37. The van der Waals surface area contributed by atoms with Crippen molar-refractivity contribution in [2.24, 2.45) is 5.73 Å². The quantitative estimate of drug-likeness (QED) is 0.757. The molecule has 0 aliphatic heterocycles. The molecule has 0 aliphatic carbocycles. The Morgan fingerprint density at radius 1 is 1.41 bits per heavy atom. The van der Waals surface area contributed by atoms with Crippen LogP contribution in [0.15, 0.2) is 12.4 Å². The van der Waals surface area contributed by atoms with Crippen molar-refractivity contribution in [1.29, 1.82) is 0 Å². The number of anilines is 1. The predicted molar refractivity (Wildman–Crippen MR) is 69.2 cm³/mol. The van der Waals surface area contributed by atoms with E-state index in [1.54, 1.807) is 6.07 Å². The second-order valence-electron chi connectivity index (χ2n) is 4.29. The number of hydrogen-bond donors (Lipinski definition) is 2. The molecule has 1 aromatic rings. The molecule has 0 spiro atoms. The van der Waals surface area contributed by atoms with Crippen LogP contribution in [0.5, 0.6) is 5.88 Å². The van der Waals surface area contributed by atoms with Gasteiger partial charge in [-0.15, -0.1) is 0 Å². The van der Waals surface area contributed by atoms with Crippen LogP contribution in [0.1, 0.15) is 33.6 Å². The van der Waals surface area contributed by atoms with E-state index in [1.807, 2.05) is 13.8 Å². The largest absolute Gasteiger partial charge is 0.475 e. The smallest absolute Gasteiger partial charge is 0.218 e. The molecule has 0 bridgehead atoms. The van der Waals surface area contributed by atoms with Gasteiger partial charge in [0.25, 0.3) is 0 Å². The zero-order valence-electron chi connectivity index (χ0n) is 10.8. The third-order valence-electron chi connectivity index (χ3n) is 2.34. The summed E-state index contributed by atoms with van der Waals surface area (Å²) in [6, 6.07) is 2.05. The SMILES string of the molecule is CCC(N)CCNc1cc(OC(C)C)ncn1. The first kappa shape index (κ1) is 13.7. The molecule has 1 aromatic heterocycles. The summed E-state index contributed by atoms with van der Waals surface area (Å²) in [6.45, 7) is 6.84. The van der Waals surface area contributed by atoms with E-state index in [0.717, 1.165) is 25.2 Å². The van der Waals surface area contributed by atoms with Gasteiger partial charge in [0.15, 0.2) is 0 Å². The molecule has 1 atom stereocenters. The van der Waals surface area contributed by atoms with Gasteiger partial charge in [-0.1, -0.05) is 6.92 Å². The van der Waals surface area contributed by atoms with E-state index in [-0.39, 0.29) is 12.1 Å². The van der Waals surface area contributed by atoms with Gasteiger partial charge in [0.05, 0.1) is 6.10 Å². The molecule has 0 fully saturated rings. The van der Waals surface area contributed by atoms with E-state index in [4.69, 9.17) is 10.5 Å². The van der Waals surface area contributed by atoms with Crippen LogP contribution in [0.2, 0.25) is 0 Å². The van der Waals surface area contributed by atoms with E-state index in [1.165, 1.54) is 6.33 Å². The fraction of sp³-hybridized carbons (Fsp3) is 0.667. The van der Waals surface area contributed by atoms with E-state index in [2.05, 4.69) is 22.2 Å². The lowest BCUT2D eigenvalue weighted by molar-refractivity contribution is 0.232. The third-order valence-corrected chi connectivity index (χ3v) is 2.34. The highest BCUT2D eigenvalue weighted by molar-refractivity contribution is 5.36. The van der Waals surface area contributed by atoms with Gasteiger partial charge in [-0.3, -0.25) is 0 Å². The highest BCUT2D eigenvalue weighted by atomic mass is 16.5. The topological polar surface area (TPSA) is 73.1 Å². The van der Waals surface area contributed by atoms with Crippen LogP contribution in [-0.2, 0) is 0 Å². The molecule has 0 saturated carbocycles. The lowest BCUT2D eigenvalue weighted by Gasteiger charge is -2.11. The number of nitrogens with one attached hydrogen (secondary N) is 1. The van der Waals surface area contributed by atoms with Gasteiger partial charge < -0.3 is 15.8 Å². The molecular weight excluding hydrogens is 216 g/mol. The first-order chi connectivity index (χ1) is 8.11. The third kappa shape index (κ3) is 5.49. The highest BCUT2D eigenvalue weighted by Crippen LogP contribution is 2.12. The lowest BCUT2D eigenvalue weighted by Crippen LogP contribution is -2.22. The van der Waals surface area contributed by atoms with Crippen molar-refractivity contribution in [3.05, 3.63) is 12.4 Å². The normalized spacial score (nSPS) is 12.5. The molecule has 5 heteroatoms. The van der Waals surface area contributed by atoms with Gasteiger partial charge in [0.2, 0.25) is 5.88 Å². The lowest BCUT2D eigenvalue weighted by atomic mass is 10.2. The summed E-state index contributed by atoms with van der Waals surface area (Å²) >= 11 is 0. The maximum atomic E-state index is 5.84. The Labute approximate surface area is 103 Å². The molecule has 0 aliphatic rings. The summed E-state index contributed by atoms with van der Waals surface area (Å²) in [6.07, 6.45) is 3.54. The van der Waals surface area contributed by atoms with Crippen LogP contribution in [0.4, 0.5) is 5.82 Å². The number of aromatic nitrogens is 2. The van der Waals surface area contributed by atoms with Crippen LogP contribution in [0, 0.1) is 0 Å². The molecule has 0 amide bonds. The van der Waals surface area contributed by atoms with E-state index in [0.29, 0.717) is 5.88 Å². The Hall–Kier alpha value is -1.36.